The van der Waals surface area contributed by atoms with Crippen molar-refractivity contribution in [2.24, 2.45) is 0 Å². The summed E-state index contributed by atoms with van der Waals surface area (Å²) in [4.78, 5) is 0. The van der Waals surface area contributed by atoms with Crippen molar-refractivity contribution in [1.29, 1.82) is 0 Å². The molecule has 0 aromatic heterocycles. The van der Waals surface area contributed by atoms with E-state index in [0.717, 1.165) is 6.42 Å². The highest BCUT2D eigenvalue weighted by Gasteiger charge is 1.90. The molecule has 72 valence electrons. The van der Waals surface area contributed by atoms with Gasteiger partial charge in [0.15, 0.2) is 0 Å². The van der Waals surface area contributed by atoms with E-state index in [9.17, 15) is 0 Å². The summed E-state index contributed by atoms with van der Waals surface area (Å²) in [6, 6.07) is 0. The Labute approximate surface area is 77.8 Å². The third kappa shape index (κ3) is 10.0. The third-order valence-electron chi connectivity index (χ3n) is 2.26. The molecule has 0 radical (unpaired) electrons. The van der Waals surface area contributed by atoms with Crippen LogP contribution in [0.5, 0.6) is 0 Å². The van der Waals surface area contributed by atoms with Crippen LogP contribution in [0.15, 0.2) is 0 Å². The molecule has 0 aliphatic rings. The molecule has 0 amide bonds. The summed E-state index contributed by atoms with van der Waals surface area (Å²) < 4.78 is 0. The second-order valence-corrected chi connectivity index (χ2v) is 3.55. The van der Waals surface area contributed by atoms with E-state index < -0.39 is 0 Å². The maximum Gasteiger partial charge on any atom is 0.117 e. The molecule has 0 aliphatic heterocycles. The molecule has 12 heavy (non-hydrogen) atoms. The van der Waals surface area contributed by atoms with E-state index in [-0.39, 0.29) is 0 Å². The minimum Gasteiger partial charge on any atom is -0.396 e. The van der Waals surface area contributed by atoms with Crippen LogP contribution in [-0.2, 0) is 0 Å². The molecule has 1 N–H and O–H groups in total. The van der Waals surface area contributed by atoms with Gasteiger partial charge in [0.1, 0.15) is 7.28 Å². The molecule has 2 heteroatoms. The number of rotatable bonds is 9. The molecular weight excluding hydrogens is 147 g/mol. The summed E-state index contributed by atoms with van der Waals surface area (Å²) in [6.45, 7) is 2.62. The van der Waals surface area contributed by atoms with E-state index in [0.29, 0.717) is 6.61 Å². The van der Waals surface area contributed by atoms with Crippen LogP contribution < -0.4 is 0 Å². The lowest BCUT2D eigenvalue weighted by Gasteiger charge is -1.99. The molecule has 0 spiro atoms. The summed E-state index contributed by atoms with van der Waals surface area (Å²) in [5, 5.41) is 8.54. The second-order valence-electron chi connectivity index (χ2n) is 3.55. The lowest BCUT2D eigenvalue weighted by molar-refractivity contribution is 0.282. The van der Waals surface area contributed by atoms with Gasteiger partial charge in [-0.05, 0) is 6.42 Å². The van der Waals surface area contributed by atoms with E-state index in [1.165, 1.54) is 52.1 Å². The van der Waals surface area contributed by atoms with Crippen LogP contribution in [-0.4, -0.2) is 19.0 Å². The molecular formula is C10H23BO. The summed E-state index contributed by atoms with van der Waals surface area (Å²) >= 11 is 0. The van der Waals surface area contributed by atoms with Gasteiger partial charge in [0.05, 0.1) is 0 Å². The van der Waals surface area contributed by atoms with E-state index in [1.807, 2.05) is 0 Å². The predicted molar refractivity (Wildman–Crippen MR) is 57.2 cm³/mol. The summed E-state index contributed by atoms with van der Waals surface area (Å²) in [5.41, 5.74) is 0. The SMILES string of the molecule is CBCCCCCCCCCO. The molecule has 0 aromatic rings. The Kier molecular flexibility index (Phi) is 11.0. The highest BCUT2D eigenvalue weighted by molar-refractivity contribution is 6.33. The average Bonchev–Trinajstić information content (AvgIpc) is 2.10. The Morgan fingerprint density at radius 1 is 0.833 bits per heavy atom. The summed E-state index contributed by atoms with van der Waals surface area (Å²) in [7, 11) is 1.34. The van der Waals surface area contributed by atoms with Crippen LogP contribution in [0, 0.1) is 0 Å². The molecule has 0 aromatic carbocycles. The van der Waals surface area contributed by atoms with Crippen LogP contribution in [0.25, 0.3) is 0 Å². The topological polar surface area (TPSA) is 20.2 Å². The fourth-order valence-corrected chi connectivity index (χ4v) is 1.42. The molecule has 0 heterocycles. The first kappa shape index (κ1) is 12.0. The highest BCUT2D eigenvalue weighted by atomic mass is 16.2. The van der Waals surface area contributed by atoms with Crippen molar-refractivity contribution in [2.75, 3.05) is 6.61 Å². The van der Waals surface area contributed by atoms with Crippen LogP contribution in [0.1, 0.15) is 44.9 Å². The lowest BCUT2D eigenvalue weighted by Crippen LogP contribution is -1.85. The number of unbranched alkanes of at least 4 members (excludes halogenated alkanes) is 6. The maximum absolute atomic E-state index is 8.54. The molecule has 1 nitrogen and oxygen atoms in total. The Balaban J connectivity index is 2.73. The fraction of sp³-hybridized carbons (Fsp3) is 1.00. The summed E-state index contributed by atoms with van der Waals surface area (Å²) in [6.07, 6.45) is 10.5. The summed E-state index contributed by atoms with van der Waals surface area (Å²) in [5.74, 6) is 0. The van der Waals surface area contributed by atoms with Crippen molar-refractivity contribution in [3.63, 3.8) is 0 Å². The van der Waals surface area contributed by atoms with Gasteiger partial charge in [-0.3, -0.25) is 0 Å². The van der Waals surface area contributed by atoms with Crippen molar-refractivity contribution in [2.45, 2.75) is 58.1 Å². The first-order chi connectivity index (χ1) is 5.91. The molecule has 0 aliphatic carbocycles. The minimum absolute atomic E-state index is 0.371. The minimum atomic E-state index is 0.371. The standard InChI is InChI=1S/C10H23BO/c1-11-9-7-5-3-2-4-6-8-10-12/h11-12H,2-10H2,1H3. The smallest absolute Gasteiger partial charge is 0.117 e. The van der Waals surface area contributed by atoms with Gasteiger partial charge in [-0.1, -0.05) is 51.7 Å². The number of hydrogen-bond acceptors (Lipinski definition) is 1. The number of aliphatic hydroxyl groups is 1. The molecule has 0 saturated carbocycles. The monoisotopic (exact) mass is 170 g/mol. The average molecular weight is 170 g/mol. The van der Waals surface area contributed by atoms with Crippen molar-refractivity contribution < 1.29 is 5.11 Å². The van der Waals surface area contributed by atoms with E-state index >= 15 is 0 Å². The quantitative estimate of drug-likeness (QED) is 0.416. The van der Waals surface area contributed by atoms with Gasteiger partial charge in [0, 0.05) is 6.61 Å². The van der Waals surface area contributed by atoms with Crippen molar-refractivity contribution >= 4 is 7.28 Å². The van der Waals surface area contributed by atoms with Crippen molar-refractivity contribution in [1.82, 2.24) is 0 Å². The zero-order valence-electron chi connectivity index (χ0n) is 8.52. The first-order valence-electron chi connectivity index (χ1n) is 5.52. The van der Waals surface area contributed by atoms with Gasteiger partial charge < -0.3 is 5.11 Å². The Morgan fingerprint density at radius 2 is 1.33 bits per heavy atom. The fourth-order valence-electron chi connectivity index (χ4n) is 1.42. The molecule has 0 atom stereocenters. The predicted octanol–water partition coefficient (Wildman–Crippen LogP) is 2.61. The number of hydrogen-bond donors (Lipinski definition) is 1. The highest BCUT2D eigenvalue weighted by Crippen LogP contribution is 2.08. The molecule has 0 fully saturated rings. The van der Waals surface area contributed by atoms with Gasteiger partial charge in [0.2, 0.25) is 0 Å². The van der Waals surface area contributed by atoms with E-state index in [1.54, 1.807) is 0 Å². The molecule has 0 unspecified atom stereocenters. The lowest BCUT2D eigenvalue weighted by atomic mass is 9.76. The maximum atomic E-state index is 8.54. The van der Waals surface area contributed by atoms with Crippen LogP contribution in [0.2, 0.25) is 13.1 Å². The second kappa shape index (κ2) is 11.0. The zero-order chi connectivity index (χ0) is 9.07. The Bertz CT molecular complexity index is 66.2. The Morgan fingerprint density at radius 3 is 1.83 bits per heavy atom. The van der Waals surface area contributed by atoms with E-state index in [4.69, 9.17) is 5.11 Å². The van der Waals surface area contributed by atoms with Gasteiger partial charge >= 0.3 is 0 Å². The van der Waals surface area contributed by atoms with Gasteiger partial charge in [-0.2, -0.15) is 0 Å². The van der Waals surface area contributed by atoms with Crippen LogP contribution in [0.4, 0.5) is 0 Å². The van der Waals surface area contributed by atoms with E-state index in [2.05, 4.69) is 6.82 Å². The first-order valence-corrected chi connectivity index (χ1v) is 5.52. The van der Waals surface area contributed by atoms with Crippen molar-refractivity contribution in [3.8, 4) is 0 Å². The van der Waals surface area contributed by atoms with Gasteiger partial charge in [-0.15, -0.1) is 0 Å². The number of aliphatic hydroxyl groups excluding tert-OH is 1. The van der Waals surface area contributed by atoms with Crippen LogP contribution in [0.3, 0.4) is 0 Å². The van der Waals surface area contributed by atoms with Crippen LogP contribution >= 0.6 is 0 Å². The zero-order valence-corrected chi connectivity index (χ0v) is 8.52. The Hall–Kier alpha value is 0.0249. The van der Waals surface area contributed by atoms with Gasteiger partial charge in [0.25, 0.3) is 0 Å². The molecule has 0 saturated heterocycles. The van der Waals surface area contributed by atoms with Gasteiger partial charge in [-0.25, -0.2) is 0 Å². The normalized spacial score (nSPS) is 10.2. The largest absolute Gasteiger partial charge is 0.396 e. The molecule has 0 rings (SSSR count). The van der Waals surface area contributed by atoms with Crippen molar-refractivity contribution in [3.05, 3.63) is 0 Å². The molecule has 0 bridgehead atoms. The third-order valence-corrected chi connectivity index (χ3v) is 2.26.